The molecule has 0 spiro atoms. The molecule has 0 rings (SSSR count). The van der Waals surface area contributed by atoms with Crippen molar-refractivity contribution >= 4 is 5.91 Å². The first-order valence-corrected chi connectivity index (χ1v) is 22.4. The summed E-state index contributed by atoms with van der Waals surface area (Å²) >= 11 is 0. The van der Waals surface area contributed by atoms with Crippen molar-refractivity contribution in [3.8, 4) is 0 Å². The molecule has 300 valence electrons. The van der Waals surface area contributed by atoms with Crippen molar-refractivity contribution < 1.29 is 25.2 Å². The Bertz CT molecular complexity index is 677. The van der Waals surface area contributed by atoms with Gasteiger partial charge >= 0.3 is 0 Å². The Kier molecular flexibility index (Phi) is 39.0. The topological polar surface area (TPSA) is 110 Å². The minimum atomic E-state index is -1.25. The van der Waals surface area contributed by atoms with Gasteiger partial charge in [0.15, 0.2) is 0 Å². The minimum Gasteiger partial charge on any atom is -0.394 e. The summed E-state index contributed by atoms with van der Waals surface area (Å²) in [5.74, 6) is -0.581. The van der Waals surface area contributed by atoms with Crippen LogP contribution in [-0.4, -0.2) is 57.3 Å². The Hall–Kier alpha value is -0.690. The van der Waals surface area contributed by atoms with Gasteiger partial charge in [-0.2, -0.15) is 0 Å². The van der Waals surface area contributed by atoms with E-state index in [0.29, 0.717) is 12.8 Å². The van der Waals surface area contributed by atoms with Crippen LogP contribution in [0.2, 0.25) is 0 Å². The molecule has 0 aromatic heterocycles. The highest BCUT2D eigenvalue weighted by Crippen LogP contribution is 2.17. The van der Waals surface area contributed by atoms with Crippen LogP contribution in [0.4, 0.5) is 0 Å². The number of aliphatic hydroxyl groups excluding tert-OH is 4. The van der Waals surface area contributed by atoms with Gasteiger partial charge in [-0.15, -0.1) is 0 Å². The first-order valence-electron chi connectivity index (χ1n) is 22.4. The lowest BCUT2D eigenvalue weighted by atomic mass is 9.99. The fourth-order valence-electron chi connectivity index (χ4n) is 7.23. The van der Waals surface area contributed by atoms with Crippen LogP contribution in [0, 0.1) is 0 Å². The number of rotatable bonds is 41. The number of unbranched alkanes of at least 4 members (excludes halogenated alkanes) is 32. The third-order valence-corrected chi connectivity index (χ3v) is 10.8. The molecule has 5 N–H and O–H groups in total. The zero-order chi connectivity index (χ0) is 36.8. The predicted octanol–water partition coefficient (Wildman–Crippen LogP) is 11.6. The number of nitrogens with one attached hydrogen (secondary N) is 1. The van der Waals surface area contributed by atoms with E-state index in [1.165, 1.54) is 180 Å². The van der Waals surface area contributed by atoms with Gasteiger partial charge in [0.1, 0.15) is 12.2 Å². The lowest BCUT2D eigenvalue weighted by Gasteiger charge is -2.27. The highest BCUT2D eigenvalue weighted by molar-refractivity contribution is 5.80. The van der Waals surface area contributed by atoms with Crippen LogP contribution in [0.5, 0.6) is 0 Å². The molecule has 0 radical (unpaired) electrons. The zero-order valence-electron chi connectivity index (χ0n) is 33.7. The molecule has 1 amide bonds. The normalized spacial score (nSPS) is 14.1. The summed E-state index contributed by atoms with van der Waals surface area (Å²) in [7, 11) is 0. The quantitative estimate of drug-likeness (QED) is 0.0406. The maximum atomic E-state index is 12.5. The number of carbonyl (C=O) groups is 1. The van der Waals surface area contributed by atoms with Crippen molar-refractivity contribution in [1.29, 1.82) is 0 Å². The molecule has 4 unspecified atom stereocenters. The lowest BCUT2D eigenvalue weighted by Crippen LogP contribution is -2.53. The molecule has 6 nitrogen and oxygen atoms in total. The summed E-state index contributed by atoms with van der Waals surface area (Å²) in [6.07, 6.45) is 41.4. The Balaban J connectivity index is 3.65. The van der Waals surface area contributed by atoms with Crippen molar-refractivity contribution in [3.63, 3.8) is 0 Å². The van der Waals surface area contributed by atoms with Crippen molar-refractivity contribution in [3.05, 3.63) is 0 Å². The average Bonchev–Trinajstić information content (AvgIpc) is 3.12. The van der Waals surface area contributed by atoms with E-state index in [9.17, 15) is 25.2 Å². The number of hydrogen-bond donors (Lipinski definition) is 5. The second-order valence-electron chi connectivity index (χ2n) is 15.8. The highest BCUT2D eigenvalue weighted by Gasteiger charge is 2.28. The molecule has 0 saturated carbocycles. The van der Waals surface area contributed by atoms with Gasteiger partial charge < -0.3 is 25.7 Å². The Morgan fingerprint density at radius 2 is 0.680 bits per heavy atom. The van der Waals surface area contributed by atoms with Crippen LogP contribution in [-0.2, 0) is 4.79 Å². The van der Waals surface area contributed by atoms with Crippen molar-refractivity contribution in [2.75, 3.05) is 6.61 Å². The van der Waals surface area contributed by atoms with E-state index < -0.39 is 36.9 Å². The van der Waals surface area contributed by atoms with E-state index in [2.05, 4.69) is 19.2 Å². The Morgan fingerprint density at radius 1 is 0.420 bits per heavy atom. The molecule has 0 bridgehead atoms. The monoisotopic (exact) mass is 712 g/mol. The van der Waals surface area contributed by atoms with Gasteiger partial charge in [0.2, 0.25) is 5.91 Å². The lowest BCUT2D eigenvalue weighted by molar-refractivity contribution is -0.132. The van der Waals surface area contributed by atoms with E-state index in [4.69, 9.17) is 0 Å². The second-order valence-corrected chi connectivity index (χ2v) is 15.8. The molecular formula is C44H89NO5. The molecule has 0 aliphatic rings. The molecule has 0 aliphatic heterocycles. The van der Waals surface area contributed by atoms with Crippen molar-refractivity contribution in [1.82, 2.24) is 5.32 Å². The van der Waals surface area contributed by atoms with Crippen molar-refractivity contribution in [2.45, 2.75) is 269 Å². The van der Waals surface area contributed by atoms with Gasteiger partial charge in [0.25, 0.3) is 0 Å². The second kappa shape index (κ2) is 39.5. The van der Waals surface area contributed by atoms with E-state index in [0.717, 1.165) is 38.5 Å². The maximum absolute atomic E-state index is 12.5. The fraction of sp³-hybridized carbons (Fsp3) is 0.977. The molecule has 0 heterocycles. The van der Waals surface area contributed by atoms with Gasteiger partial charge in [-0.3, -0.25) is 4.79 Å². The van der Waals surface area contributed by atoms with Crippen LogP contribution >= 0.6 is 0 Å². The summed E-state index contributed by atoms with van der Waals surface area (Å²) in [5.41, 5.74) is 0. The van der Waals surface area contributed by atoms with Crippen LogP contribution in [0.3, 0.4) is 0 Å². The predicted molar refractivity (Wildman–Crippen MR) is 215 cm³/mol. The zero-order valence-corrected chi connectivity index (χ0v) is 33.7. The van der Waals surface area contributed by atoms with E-state index in [1.54, 1.807) is 0 Å². The molecule has 4 atom stereocenters. The number of hydrogen-bond acceptors (Lipinski definition) is 5. The third kappa shape index (κ3) is 33.2. The van der Waals surface area contributed by atoms with Gasteiger partial charge in [0, 0.05) is 0 Å². The van der Waals surface area contributed by atoms with Crippen LogP contribution < -0.4 is 5.32 Å². The number of carbonyl (C=O) groups excluding carboxylic acids is 1. The standard InChI is InChI=1S/C44H89NO5/c1-3-5-7-9-11-13-15-17-18-19-20-21-22-23-24-25-26-28-29-31-33-35-37-41(47)43(49)40(39-46)45-44(50)42(48)38-36-34-32-30-27-16-14-12-10-8-6-4-2/h40-43,46-49H,3-39H2,1-2H3,(H,45,50). The molecule has 6 heteroatoms. The molecular weight excluding hydrogens is 622 g/mol. The molecule has 0 aromatic carbocycles. The fourth-order valence-corrected chi connectivity index (χ4v) is 7.23. The Morgan fingerprint density at radius 3 is 0.960 bits per heavy atom. The maximum Gasteiger partial charge on any atom is 0.249 e. The molecule has 0 aromatic rings. The largest absolute Gasteiger partial charge is 0.394 e. The molecule has 50 heavy (non-hydrogen) atoms. The molecule has 0 fully saturated rings. The number of amides is 1. The van der Waals surface area contributed by atoms with Gasteiger partial charge in [-0.05, 0) is 12.8 Å². The SMILES string of the molecule is CCCCCCCCCCCCCCCCCCCCCCCCC(O)C(O)C(CO)NC(=O)C(O)CCCCCCCCCCCCCC. The van der Waals surface area contributed by atoms with Crippen LogP contribution in [0.1, 0.15) is 245 Å². The van der Waals surface area contributed by atoms with E-state index in [-0.39, 0.29) is 0 Å². The average molecular weight is 712 g/mol. The summed E-state index contributed by atoms with van der Waals surface area (Å²) in [6.45, 7) is 4.06. The van der Waals surface area contributed by atoms with Gasteiger partial charge in [-0.25, -0.2) is 0 Å². The number of aliphatic hydroxyl groups is 4. The van der Waals surface area contributed by atoms with E-state index in [1.807, 2.05) is 0 Å². The van der Waals surface area contributed by atoms with Crippen LogP contribution in [0.25, 0.3) is 0 Å². The molecule has 0 aliphatic carbocycles. The minimum absolute atomic E-state index is 0.375. The summed E-state index contributed by atoms with van der Waals surface area (Å²) in [4.78, 5) is 12.5. The summed E-state index contributed by atoms with van der Waals surface area (Å²) < 4.78 is 0. The first-order chi connectivity index (χ1) is 24.5. The van der Waals surface area contributed by atoms with Gasteiger partial charge in [0.05, 0.1) is 18.8 Å². The third-order valence-electron chi connectivity index (χ3n) is 10.8. The first kappa shape index (κ1) is 49.3. The smallest absolute Gasteiger partial charge is 0.249 e. The summed E-state index contributed by atoms with van der Waals surface area (Å²) in [6, 6.07) is -0.978. The summed E-state index contributed by atoms with van der Waals surface area (Å²) in [5, 5.41) is 43.7. The molecule has 0 saturated heterocycles. The van der Waals surface area contributed by atoms with Crippen molar-refractivity contribution in [2.24, 2.45) is 0 Å². The van der Waals surface area contributed by atoms with E-state index >= 15 is 0 Å². The highest BCUT2D eigenvalue weighted by atomic mass is 16.3. The Labute approximate surface area is 311 Å². The van der Waals surface area contributed by atoms with Gasteiger partial charge in [-0.1, -0.05) is 232 Å². The van der Waals surface area contributed by atoms with Crippen LogP contribution in [0.15, 0.2) is 0 Å².